The van der Waals surface area contributed by atoms with Gasteiger partial charge in [-0.15, -0.1) is 0 Å². The van der Waals surface area contributed by atoms with Crippen molar-refractivity contribution in [3.05, 3.63) is 92.3 Å². The van der Waals surface area contributed by atoms with E-state index in [1.807, 2.05) is 30.3 Å². The molecule has 27 heavy (non-hydrogen) atoms. The normalized spacial score (nSPS) is 11.0. The van der Waals surface area contributed by atoms with Crippen LogP contribution >= 0.6 is 23.2 Å². The van der Waals surface area contributed by atoms with Crippen LogP contribution in [0.4, 0.5) is 0 Å². The SMILES string of the molecule is O=C(OCc1cc(=O)oc2ccc3ccccc3c12)c1ccc(Cl)c(Cl)c1. The first kappa shape index (κ1) is 17.6. The van der Waals surface area contributed by atoms with Gasteiger partial charge in [0.15, 0.2) is 0 Å². The van der Waals surface area contributed by atoms with Gasteiger partial charge in [-0.3, -0.25) is 0 Å². The second kappa shape index (κ2) is 7.06. The number of benzene rings is 3. The predicted molar refractivity (Wildman–Crippen MR) is 106 cm³/mol. The molecule has 1 heterocycles. The minimum atomic E-state index is -0.560. The van der Waals surface area contributed by atoms with Crippen molar-refractivity contribution in [3.63, 3.8) is 0 Å². The van der Waals surface area contributed by atoms with Crippen LogP contribution in [0.2, 0.25) is 10.0 Å². The molecule has 0 N–H and O–H groups in total. The van der Waals surface area contributed by atoms with Crippen LogP contribution in [0.1, 0.15) is 15.9 Å². The number of rotatable bonds is 3. The topological polar surface area (TPSA) is 56.5 Å². The van der Waals surface area contributed by atoms with Crippen molar-refractivity contribution in [2.45, 2.75) is 6.61 Å². The molecule has 1 aromatic heterocycles. The molecular weight excluding hydrogens is 387 g/mol. The number of fused-ring (bicyclic) bond motifs is 3. The summed E-state index contributed by atoms with van der Waals surface area (Å²) in [5.41, 5.74) is 0.799. The maximum absolute atomic E-state index is 12.3. The minimum Gasteiger partial charge on any atom is -0.457 e. The number of ether oxygens (including phenoxy) is 1. The molecule has 0 amide bonds. The molecule has 3 aromatic carbocycles. The average Bonchev–Trinajstić information content (AvgIpc) is 2.67. The molecule has 0 aliphatic heterocycles. The third-order valence-electron chi connectivity index (χ3n) is 4.23. The van der Waals surface area contributed by atoms with Gasteiger partial charge >= 0.3 is 11.6 Å². The first-order valence-corrected chi connectivity index (χ1v) is 8.85. The summed E-state index contributed by atoms with van der Waals surface area (Å²) in [6.45, 7) is -0.0742. The zero-order chi connectivity index (χ0) is 19.0. The number of esters is 1. The van der Waals surface area contributed by atoms with Gasteiger partial charge in [-0.2, -0.15) is 0 Å². The standard InChI is InChI=1S/C21H12Cl2O4/c22-16-7-5-13(9-17(16)23)21(25)26-11-14-10-19(24)27-18-8-6-12-3-1-2-4-15(12)20(14)18/h1-10H,11H2. The van der Waals surface area contributed by atoms with Crippen LogP contribution in [-0.2, 0) is 11.3 Å². The van der Waals surface area contributed by atoms with Crippen LogP contribution < -0.4 is 5.63 Å². The lowest BCUT2D eigenvalue weighted by molar-refractivity contribution is 0.0474. The van der Waals surface area contributed by atoms with Crippen LogP contribution in [0, 0.1) is 0 Å². The van der Waals surface area contributed by atoms with Gasteiger partial charge in [-0.1, -0.05) is 53.5 Å². The number of carbonyl (C=O) groups is 1. The molecule has 0 unspecified atom stereocenters. The van der Waals surface area contributed by atoms with Crippen molar-refractivity contribution in [2.24, 2.45) is 0 Å². The molecule has 0 aliphatic rings. The lowest BCUT2D eigenvalue weighted by atomic mass is 10.0. The summed E-state index contributed by atoms with van der Waals surface area (Å²) in [5.74, 6) is -0.560. The Morgan fingerprint density at radius 3 is 2.59 bits per heavy atom. The molecule has 0 saturated carbocycles. The number of carbonyl (C=O) groups excluding carboxylic acids is 1. The van der Waals surface area contributed by atoms with E-state index in [0.717, 1.165) is 16.2 Å². The third kappa shape index (κ3) is 3.42. The van der Waals surface area contributed by atoms with Crippen LogP contribution in [0.5, 0.6) is 0 Å². The zero-order valence-electron chi connectivity index (χ0n) is 13.9. The van der Waals surface area contributed by atoms with Crippen LogP contribution in [-0.4, -0.2) is 5.97 Å². The van der Waals surface area contributed by atoms with Crippen molar-refractivity contribution >= 4 is 50.9 Å². The molecule has 6 heteroatoms. The lowest BCUT2D eigenvalue weighted by Gasteiger charge is -2.10. The van der Waals surface area contributed by atoms with E-state index < -0.39 is 11.6 Å². The van der Waals surface area contributed by atoms with Crippen LogP contribution in [0.25, 0.3) is 21.7 Å². The number of halogens is 2. The molecule has 0 aliphatic carbocycles. The first-order valence-electron chi connectivity index (χ1n) is 8.09. The second-order valence-corrected chi connectivity index (χ2v) is 6.77. The second-order valence-electron chi connectivity index (χ2n) is 5.96. The summed E-state index contributed by atoms with van der Waals surface area (Å²) in [6.07, 6.45) is 0. The maximum atomic E-state index is 12.3. The summed E-state index contributed by atoms with van der Waals surface area (Å²) in [6, 6.07) is 17.2. The Balaban J connectivity index is 1.73. The summed E-state index contributed by atoms with van der Waals surface area (Å²) in [7, 11) is 0. The van der Waals surface area contributed by atoms with Gasteiger partial charge in [-0.05, 0) is 35.0 Å². The van der Waals surface area contributed by atoms with Gasteiger partial charge in [0.1, 0.15) is 12.2 Å². The number of hydrogen-bond donors (Lipinski definition) is 0. The fraction of sp³-hybridized carbons (Fsp3) is 0.0476. The van der Waals surface area contributed by atoms with E-state index in [-0.39, 0.29) is 17.2 Å². The molecule has 4 nitrogen and oxygen atoms in total. The van der Waals surface area contributed by atoms with Crippen LogP contribution in [0.3, 0.4) is 0 Å². The van der Waals surface area contributed by atoms with Gasteiger partial charge in [0.25, 0.3) is 0 Å². The Bertz CT molecular complexity index is 1240. The summed E-state index contributed by atoms with van der Waals surface area (Å²) < 4.78 is 10.7. The monoisotopic (exact) mass is 398 g/mol. The van der Waals surface area contributed by atoms with E-state index in [2.05, 4.69) is 0 Å². The van der Waals surface area contributed by atoms with Crippen molar-refractivity contribution < 1.29 is 13.9 Å². The largest absolute Gasteiger partial charge is 0.457 e. The molecule has 0 bridgehead atoms. The quantitative estimate of drug-likeness (QED) is 0.255. The smallest absolute Gasteiger partial charge is 0.338 e. The van der Waals surface area contributed by atoms with Gasteiger partial charge in [0, 0.05) is 17.0 Å². The van der Waals surface area contributed by atoms with E-state index in [0.29, 0.717) is 16.2 Å². The van der Waals surface area contributed by atoms with E-state index in [4.69, 9.17) is 32.4 Å². The fourth-order valence-electron chi connectivity index (χ4n) is 2.98. The summed E-state index contributed by atoms with van der Waals surface area (Å²) in [4.78, 5) is 24.2. The highest BCUT2D eigenvalue weighted by atomic mass is 35.5. The Morgan fingerprint density at radius 1 is 0.963 bits per heavy atom. The average molecular weight is 399 g/mol. The van der Waals surface area contributed by atoms with Gasteiger partial charge in [0.2, 0.25) is 0 Å². The van der Waals surface area contributed by atoms with Gasteiger partial charge in [0.05, 0.1) is 15.6 Å². The Hall–Kier alpha value is -2.82. The Labute approximate surface area is 163 Å². The van der Waals surface area contributed by atoms with E-state index >= 15 is 0 Å². The molecule has 4 rings (SSSR count). The maximum Gasteiger partial charge on any atom is 0.338 e. The molecule has 4 aromatic rings. The molecule has 0 atom stereocenters. The summed E-state index contributed by atoms with van der Waals surface area (Å²) >= 11 is 11.8. The van der Waals surface area contributed by atoms with Gasteiger partial charge in [-0.25, -0.2) is 9.59 Å². The van der Waals surface area contributed by atoms with E-state index in [1.54, 1.807) is 6.07 Å². The molecule has 0 saturated heterocycles. The molecule has 0 fully saturated rings. The Kier molecular flexibility index (Phi) is 4.60. The van der Waals surface area contributed by atoms with Gasteiger partial charge < -0.3 is 9.15 Å². The summed E-state index contributed by atoms with van der Waals surface area (Å²) in [5, 5.41) is 3.28. The van der Waals surface area contributed by atoms with Crippen LogP contribution in [0.15, 0.2) is 69.9 Å². The fourth-order valence-corrected chi connectivity index (χ4v) is 3.28. The minimum absolute atomic E-state index is 0.0742. The molecule has 0 radical (unpaired) electrons. The highest BCUT2D eigenvalue weighted by Crippen LogP contribution is 2.28. The highest BCUT2D eigenvalue weighted by molar-refractivity contribution is 6.42. The predicted octanol–water partition coefficient (Wildman–Crippen LogP) is 5.61. The first-order chi connectivity index (χ1) is 13.0. The zero-order valence-corrected chi connectivity index (χ0v) is 15.4. The molecule has 134 valence electrons. The van der Waals surface area contributed by atoms with E-state index in [1.165, 1.54) is 24.3 Å². The van der Waals surface area contributed by atoms with E-state index in [9.17, 15) is 9.59 Å². The van der Waals surface area contributed by atoms with Crippen molar-refractivity contribution in [1.82, 2.24) is 0 Å². The van der Waals surface area contributed by atoms with Crippen molar-refractivity contribution in [1.29, 1.82) is 0 Å². The third-order valence-corrected chi connectivity index (χ3v) is 4.97. The Morgan fingerprint density at radius 2 is 1.78 bits per heavy atom. The molecular formula is C21H12Cl2O4. The highest BCUT2D eigenvalue weighted by Gasteiger charge is 2.14. The molecule has 0 spiro atoms. The lowest BCUT2D eigenvalue weighted by Crippen LogP contribution is -2.08. The van der Waals surface area contributed by atoms with Crippen molar-refractivity contribution in [2.75, 3.05) is 0 Å². The van der Waals surface area contributed by atoms with Crippen molar-refractivity contribution in [3.8, 4) is 0 Å². The number of hydrogen-bond acceptors (Lipinski definition) is 4.